The molecule has 0 saturated carbocycles. The van der Waals surface area contributed by atoms with Crippen LogP contribution in [-0.4, -0.2) is 75.8 Å². The Morgan fingerprint density at radius 1 is 1.08 bits per heavy atom. The Kier molecular flexibility index (Phi) is 7.47. The van der Waals surface area contributed by atoms with E-state index < -0.39 is 16.5 Å². The van der Waals surface area contributed by atoms with Gasteiger partial charge in [-0.2, -0.15) is 10.6 Å². The van der Waals surface area contributed by atoms with E-state index in [-0.39, 0.29) is 0 Å². The molecule has 2 aliphatic heterocycles. The monoisotopic (exact) mass is 529 g/mol. The van der Waals surface area contributed by atoms with Gasteiger partial charge in [-0.3, -0.25) is 18.8 Å². The van der Waals surface area contributed by atoms with Crippen molar-refractivity contribution >= 4 is 44.3 Å². The first kappa shape index (κ1) is 25.0. The van der Waals surface area contributed by atoms with Crippen LogP contribution in [0.3, 0.4) is 0 Å². The number of amides is 1. The summed E-state index contributed by atoms with van der Waals surface area (Å²) in [4.78, 5) is 22.3. The Balaban J connectivity index is 1.31. The number of hydrogen-bond acceptors (Lipinski definition) is 9. The van der Waals surface area contributed by atoms with E-state index in [9.17, 15) is 13.9 Å². The number of pyridine rings is 1. The smallest absolute Gasteiger partial charge is 0.251 e. The van der Waals surface area contributed by atoms with Gasteiger partial charge in [0.25, 0.3) is 5.91 Å². The van der Waals surface area contributed by atoms with Gasteiger partial charge in [0.2, 0.25) is 0 Å². The summed E-state index contributed by atoms with van der Waals surface area (Å²) in [7, 11) is -2.42. The van der Waals surface area contributed by atoms with Crippen molar-refractivity contribution in [2.24, 2.45) is 5.73 Å². The number of nitrogens with one attached hydrogen (secondary N) is 1. The lowest BCUT2D eigenvalue weighted by atomic mass is 10.1. The first-order valence-corrected chi connectivity index (χ1v) is 14.6. The Morgan fingerprint density at radius 3 is 2.50 bits per heavy atom. The molecule has 36 heavy (non-hydrogen) atoms. The standard InChI is InChI=1S/C25H31N5O4S2/c26-24(31)21-16-22(18-4-6-20(7-5-18)30-10-14-36(32,33)15-11-30)35-25(21)28-23-3-1-2-19(27-23)17-29-8-12-34-13-9-29/h1-7,16,32-33H,8-15,17H2,(H2,26,31)(H,27,28). The number of anilines is 3. The Hall–Kier alpha value is -2.67. The number of nitrogens with zero attached hydrogens (tertiary/aromatic N) is 3. The molecule has 2 aromatic heterocycles. The van der Waals surface area contributed by atoms with Crippen molar-refractivity contribution in [3.8, 4) is 10.4 Å². The number of carbonyl (C=O) groups is 1. The van der Waals surface area contributed by atoms with Crippen LogP contribution in [0.5, 0.6) is 0 Å². The van der Waals surface area contributed by atoms with Gasteiger partial charge in [-0.25, -0.2) is 4.98 Å². The molecule has 5 N–H and O–H groups in total. The van der Waals surface area contributed by atoms with E-state index in [0.29, 0.717) is 41.0 Å². The van der Waals surface area contributed by atoms with Gasteiger partial charge in [0.05, 0.1) is 36.0 Å². The predicted octanol–water partition coefficient (Wildman–Crippen LogP) is 4.06. The van der Waals surface area contributed by atoms with Crippen LogP contribution in [0, 0.1) is 0 Å². The number of primary amides is 1. The highest BCUT2D eigenvalue weighted by Gasteiger charge is 2.22. The van der Waals surface area contributed by atoms with Crippen molar-refractivity contribution < 1.29 is 18.6 Å². The topological polar surface area (TPSA) is 124 Å². The highest BCUT2D eigenvalue weighted by atomic mass is 32.3. The third kappa shape index (κ3) is 6.00. The average Bonchev–Trinajstić information content (AvgIpc) is 3.29. The first-order chi connectivity index (χ1) is 17.4. The number of morpholine rings is 1. The molecule has 2 fully saturated rings. The Morgan fingerprint density at radius 2 is 1.81 bits per heavy atom. The molecule has 11 heteroatoms. The maximum absolute atomic E-state index is 12.2. The van der Waals surface area contributed by atoms with Gasteiger partial charge in [-0.1, -0.05) is 18.2 Å². The van der Waals surface area contributed by atoms with Crippen molar-refractivity contribution in [1.29, 1.82) is 0 Å². The van der Waals surface area contributed by atoms with Gasteiger partial charge in [-0.05, 0) is 35.9 Å². The lowest BCUT2D eigenvalue weighted by Crippen LogP contribution is -2.38. The van der Waals surface area contributed by atoms with Gasteiger partial charge >= 0.3 is 0 Å². The van der Waals surface area contributed by atoms with Crippen molar-refractivity contribution in [3.05, 3.63) is 59.8 Å². The number of carbonyl (C=O) groups excluding carboxylic acids is 1. The van der Waals surface area contributed by atoms with E-state index in [1.165, 1.54) is 11.3 Å². The van der Waals surface area contributed by atoms with Crippen molar-refractivity contribution in [2.75, 3.05) is 61.1 Å². The van der Waals surface area contributed by atoms with Crippen LogP contribution in [0.4, 0.5) is 16.5 Å². The number of aromatic nitrogens is 1. The summed E-state index contributed by atoms with van der Waals surface area (Å²) in [5, 5.41) is 3.97. The molecule has 2 saturated heterocycles. The second-order valence-electron chi connectivity index (χ2n) is 8.99. The minimum atomic E-state index is -2.42. The van der Waals surface area contributed by atoms with Crippen molar-refractivity contribution in [3.63, 3.8) is 0 Å². The summed E-state index contributed by atoms with van der Waals surface area (Å²) in [6.07, 6.45) is 0. The molecule has 0 atom stereocenters. The van der Waals surface area contributed by atoms with E-state index in [1.54, 1.807) is 0 Å². The molecular weight excluding hydrogens is 498 g/mol. The van der Waals surface area contributed by atoms with E-state index in [2.05, 4.69) is 15.1 Å². The number of nitrogens with two attached hydrogens (primary N) is 1. The average molecular weight is 530 g/mol. The van der Waals surface area contributed by atoms with Crippen LogP contribution in [0.1, 0.15) is 16.1 Å². The third-order valence-corrected chi connectivity index (χ3v) is 9.20. The highest BCUT2D eigenvalue weighted by molar-refractivity contribution is 8.24. The molecular formula is C25H31N5O4S2. The van der Waals surface area contributed by atoms with Crippen LogP contribution in [0.15, 0.2) is 48.5 Å². The number of benzene rings is 1. The molecule has 0 aliphatic carbocycles. The van der Waals surface area contributed by atoms with Crippen LogP contribution < -0.4 is 16.0 Å². The first-order valence-electron chi connectivity index (χ1n) is 11.9. The predicted molar refractivity (Wildman–Crippen MR) is 147 cm³/mol. The Labute approximate surface area is 216 Å². The van der Waals surface area contributed by atoms with Crippen molar-refractivity contribution in [2.45, 2.75) is 6.54 Å². The van der Waals surface area contributed by atoms with E-state index in [4.69, 9.17) is 15.5 Å². The number of hydrogen-bond donors (Lipinski definition) is 4. The minimum Gasteiger partial charge on any atom is -0.379 e. The van der Waals surface area contributed by atoms with E-state index >= 15 is 0 Å². The molecule has 4 heterocycles. The summed E-state index contributed by atoms with van der Waals surface area (Å²) in [5.74, 6) is 0.980. The van der Waals surface area contributed by atoms with Crippen LogP contribution >= 0.6 is 21.9 Å². The maximum atomic E-state index is 12.2. The second-order valence-corrected chi connectivity index (χ2v) is 12.5. The molecule has 2 aliphatic rings. The lowest BCUT2D eigenvalue weighted by Gasteiger charge is -2.41. The van der Waals surface area contributed by atoms with Gasteiger partial charge in [0, 0.05) is 43.3 Å². The number of rotatable bonds is 7. The number of ether oxygens (including phenoxy) is 1. The minimum absolute atomic E-state index is 0.401. The van der Waals surface area contributed by atoms with Gasteiger partial charge in [0.15, 0.2) is 0 Å². The summed E-state index contributed by atoms with van der Waals surface area (Å²) in [5.41, 5.74) is 9.11. The van der Waals surface area contributed by atoms with Crippen LogP contribution in [-0.2, 0) is 11.3 Å². The quantitative estimate of drug-likeness (QED) is 0.361. The zero-order valence-electron chi connectivity index (χ0n) is 19.9. The van der Waals surface area contributed by atoms with E-state index in [0.717, 1.165) is 54.7 Å². The molecule has 5 rings (SSSR count). The van der Waals surface area contributed by atoms with Crippen LogP contribution in [0.25, 0.3) is 10.4 Å². The van der Waals surface area contributed by atoms with Gasteiger partial charge in [0.1, 0.15) is 10.8 Å². The van der Waals surface area contributed by atoms with E-state index in [1.807, 2.05) is 48.5 Å². The molecule has 1 amide bonds. The number of thiophene rings is 1. The molecule has 1 aromatic carbocycles. The largest absolute Gasteiger partial charge is 0.379 e. The second kappa shape index (κ2) is 10.8. The fourth-order valence-electron chi connectivity index (χ4n) is 4.37. The Bertz CT molecular complexity index is 1200. The lowest BCUT2D eigenvalue weighted by molar-refractivity contribution is 0.0337. The summed E-state index contributed by atoms with van der Waals surface area (Å²) < 4.78 is 25.1. The molecule has 0 spiro atoms. The summed E-state index contributed by atoms with van der Waals surface area (Å²) >= 11 is 1.46. The molecule has 192 valence electrons. The zero-order valence-corrected chi connectivity index (χ0v) is 21.6. The van der Waals surface area contributed by atoms with Gasteiger partial charge < -0.3 is 20.7 Å². The molecule has 0 unspecified atom stereocenters. The third-order valence-electron chi connectivity index (χ3n) is 6.43. The summed E-state index contributed by atoms with van der Waals surface area (Å²) in [6, 6.07) is 15.8. The molecule has 3 aromatic rings. The molecule has 0 radical (unpaired) electrons. The maximum Gasteiger partial charge on any atom is 0.251 e. The molecule has 9 nitrogen and oxygen atoms in total. The van der Waals surface area contributed by atoms with Gasteiger partial charge in [-0.15, -0.1) is 11.3 Å². The van der Waals surface area contributed by atoms with Crippen LogP contribution in [0.2, 0.25) is 0 Å². The molecule has 0 bridgehead atoms. The highest BCUT2D eigenvalue weighted by Crippen LogP contribution is 2.42. The SMILES string of the molecule is NC(=O)c1cc(-c2ccc(N3CCS(O)(O)CC3)cc2)sc1Nc1cccc(CN2CCOCC2)n1. The fourth-order valence-corrected chi connectivity index (χ4v) is 6.68. The fraction of sp³-hybridized carbons (Fsp3) is 0.360. The normalized spacial score (nSPS) is 19.1. The zero-order chi connectivity index (χ0) is 25.1. The van der Waals surface area contributed by atoms with Crippen molar-refractivity contribution in [1.82, 2.24) is 9.88 Å². The summed E-state index contributed by atoms with van der Waals surface area (Å²) in [6.45, 7) is 5.25.